The largest absolute Gasteiger partial charge is 0.375 e. The maximum absolute atomic E-state index is 13.6. The van der Waals surface area contributed by atoms with Gasteiger partial charge in [-0.1, -0.05) is 41.2 Å². The molecule has 0 radical (unpaired) electrons. The van der Waals surface area contributed by atoms with Crippen LogP contribution in [0.25, 0.3) is 15.4 Å². The molecule has 1 aliphatic rings. The molecule has 1 aliphatic carbocycles. The molecule has 1 aromatic carbocycles. The van der Waals surface area contributed by atoms with Crippen molar-refractivity contribution in [2.24, 2.45) is 5.92 Å². The Morgan fingerprint density at radius 1 is 1.26 bits per heavy atom. The normalized spacial score (nSPS) is 13.4. The number of carbonyl (C=O) groups excluding carboxylic acids is 2. The number of nitrogens with zero attached hydrogens (tertiary/aromatic N) is 4. The maximum atomic E-state index is 13.6. The Kier molecular flexibility index (Phi) is 6.09. The van der Waals surface area contributed by atoms with Gasteiger partial charge < -0.3 is 16.0 Å². The topological polar surface area (TPSA) is 106 Å². The van der Waals surface area contributed by atoms with Crippen molar-refractivity contribution in [3.05, 3.63) is 58.5 Å². The van der Waals surface area contributed by atoms with E-state index in [0.717, 1.165) is 33.8 Å². The molecular weight excluding hydrogens is 468 g/mol. The molecule has 1 saturated carbocycles. The van der Waals surface area contributed by atoms with E-state index in [-0.39, 0.29) is 11.8 Å². The highest BCUT2D eigenvalue weighted by Gasteiger charge is 2.30. The van der Waals surface area contributed by atoms with Crippen LogP contribution in [0.15, 0.2) is 35.8 Å². The second-order valence-corrected chi connectivity index (χ2v) is 10.6. The Bertz CT molecular complexity index is 1370. The minimum atomic E-state index is -0.194. The van der Waals surface area contributed by atoms with Gasteiger partial charge in [0.05, 0.1) is 10.6 Å². The third-order valence-corrected chi connectivity index (χ3v) is 7.60. The molecule has 4 aromatic rings. The fourth-order valence-corrected chi connectivity index (χ4v) is 5.64. The van der Waals surface area contributed by atoms with Crippen LogP contribution in [0.1, 0.15) is 45.1 Å². The SMILES string of the molecule is Cc1cccc(-c2sc(N)nc2C(=O)N(CCNC(=O)c2c(C)nc3sccn23)CC2CC2)c1. The summed E-state index contributed by atoms with van der Waals surface area (Å²) in [6.45, 7) is 5.24. The molecule has 0 bridgehead atoms. The molecular formula is C24H26N6O2S2. The molecule has 0 saturated heterocycles. The van der Waals surface area contributed by atoms with Gasteiger partial charge in [0.2, 0.25) is 0 Å². The van der Waals surface area contributed by atoms with Crippen LogP contribution >= 0.6 is 22.7 Å². The first-order valence-corrected chi connectivity index (χ1v) is 12.9. The van der Waals surface area contributed by atoms with E-state index in [9.17, 15) is 9.59 Å². The summed E-state index contributed by atoms with van der Waals surface area (Å²) in [6, 6.07) is 7.99. The van der Waals surface area contributed by atoms with Crippen LogP contribution < -0.4 is 11.1 Å². The smallest absolute Gasteiger partial charge is 0.274 e. The molecule has 1 fully saturated rings. The monoisotopic (exact) mass is 494 g/mol. The fraction of sp³-hybridized carbons (Fsp3) is 0.333. The molecule has 10 heteroatoms. The lowest BCUT2D eigenvalue weighted by molar-refractivity contribution is 0.0736. The molecule has 0 unspecified atom stereocenters. The predicted octanol–water partition coefficient (Wildman–Crippen LogP) is 4.00. The van der Waals surface area contributed by atoms with Crippen molar-refractivity contribution in [2.45, 2.75) is 26.7 Å². The molecule has 0 spiro atoms. The number of nitrogen functional groups attached to an aromatic ring is 1. The van der Waals surface area contributed by atoms with Gasteiger partial charge >= 0.3 is 0 Å². The number of carbonyl (C=O) groups is 2. The van der Waals surface area contributed by atoms with Gasteiger partial charge in [-0.05, 0) is 38.2 Å². The van der Waals surface area contributed by atoms with Gasteiger partial charge in [0, 0.05) is 31.2 Å². The lowest BCUT2D eigenvalue weighted by Gasteiger charge is -2.22. The van der Waals surface area contributed by atoms with Crippen LogP contribution in [-0.2, 0) is 0 Å². The number of benzene rings is 1. The van der Waals surface area contributed by atoms with E-state index >= 15 is 0 Å². The number of hydrogen-bond donors (Lipinski definition) is 2. The van der Waals surface area contributed by atoms with Gasteiger partial charge in [0.1, 0.15) is 11.4 Å². The first-order valence-electron chi connectivity index (χ1n) is 11.2. The second kappa shape index (κ2) is 9.19. The molecule has 34 heavy (non-hydrogen) atoms. The Hall–Kier alpha value is -3.24. The Balaban J connectivity index is 1.32. The number of amides is 2. The van der Waals surface area contributed by atoms with E-state index in [0.29, 0.717) is 47.8 Å². The molecule has 5 rings (SSSR count). The summed E-state index contributed by atoms with van der Waals surface area (Å²) in [5, 5.41) is 5.24. The third kappa shape index (κ3) is 4.55. The zero-order valence-electron chi connectivity index (χ0n) is 19.1. The molecule has 8 nitrogen and oxygen atoms in total. The van der Waals surface area contributed by atoms with E-state index in [2.05, 4.69) is 15.3 Å². The van der Waals surface area contributed by atoms with E-state index in [1.54, 1.807) is 9.30 Å². The number of thiazole rings is 2. The van der Waals surface area contributed by atoms with Crippen molar-refractivity contribution in [1.29, 1.82) is 0 Å². The van der Waals surface area contributed by atoms with Gasteiger partial charge in [-0.3, -0.25) is 14.0 Å². The number of fused-ring (bicyclic) bond motifs is 1. The van der Waals surface area contributed by atoms with Crippen LogP contribution in [0, 0.1) is 19.8 Å². The molecule has 3 heterocycles. The highest BCUT2D eigenvalue weighted by atomic mass is 32.1. The van der Waals surface area contributed by atoms with Crippen LogP contribution in [0.4, 0.5) is 5.13 Å². The second-order valence-electron chi connectivity index (χ2n) is 8.65. The number of imidazole rings is 1. The summed E-state index contributed by atoms with van der Waals surface area (Å²) in [5.74, 6) is 0.160. The zero-order chi connectivity index (χ0) is 23.8. The number of hydrogen-bond acceptors (Lipinski definition) is 7. The number of aryl methyl sites for hydroxylation is 2. The van der Waals surface area contributed by atoms with Crippen molar-refractivity contribution < 1.29 is 9.59 Å². The predicted molar refractivity (Wildman–Crippen MR) is 135 cm³/mol. The van der Waals surface area contributed by atoms with Crippen molar-refractivity contribution in [2.75, 3.05) is 25.4 Å². The van der Waals surface area contributed by atoms with Crippen LogP contribution in [0.2, 0.25) is 0 Å². The molecule has 0 atom stereocenters. The molecule has 0 aliphatic heterocycles. The van der Waals surface area contributed by atoms with E-state index in [1.807, 2.05) is 49.7 Å². The molecule has 3 N–H and O–H groups in total. The van der Waals surface area contributed by atoms with Crippen molar-refractivity contribution in [3.8, 4) is 10.4 Å². The van der Waals surface area contributed by atoms with Gasteiger partial charge in [-0.25, -0.2) is 9.97 Å². The molecule has 2 amide bonds. The number of anilines is 1. The zero-order valence-corrected chi connectivity index (χ0v) is 20.7. The summed E-state index contributed by atoms with van der Waals surface area (Å²) in [4.78, 5) is 38.7. The lowest BCUT2D eigenvalue weighted by atomic mass is 10.1. The van der Waals surface area contributed by atoms with E-state index in [4.69, 9.17) is 5.73 Å². The minimum absolute atomic E-state index is 0.147. The molecule has 3 aromatic heterocycles. The first kappa shape index (κ1) is 22.5. The third-order valence-electron chi connectivity index (χ3n) is 5.91. The number of rotatable bonds is 8. The average molecular weight is 495 g/mol. The van der Waals surface area contributed by atoms with Crippen LogP contribution in [0.5, 0.6) is 0 Å². The number of nitrogens with one attached hydrogen (secondary N) is 1. The van der Waals surface area contributed by atoms with Crippen molar-refractivity contribution >= 4 is 44.6 Å². The number of nitrogens with two attached hydrogens (primary N) is 1. The van der Waals surface area contributed by atoms with Crippen LogP contribution in [0.3, 0.4) is 0 Å². The van der Waals surface area contributed by atoms with Crippen LogP contribution in [-0.4, -0.2) is 50.7 Å². The lowest BCUT2D eigenvalue weighted by Crippen LogP contribution is -2.40. The highest BCUT2D eigenvalue weighted by Crippen LogP contribution is 2.34. The summed E-state index contributed by atoms with van der Waals surface area (Å²) < 4.78 is 1.80. The van der Waals surface area contributed by atoms with Gasteiger partial charge in [0.25, 0.3) is 11.8 Å². The van der Waals surface area contributed by atoms with Gasteiger partial charge in [-0.2, -0.15) is 0 Å². The summed E-state index contributed by atoms with van der Waals surface area (Å²) >= 11 is 2.82. The number of aromatic nitrogens is 3. The van der Waals surface area contributed by atoms with Crippen molar-refractivity contribution in [3.63, 3.8) is 0 Å². The minimum Gasteiger partial charge on any atom is -0.375 e. The molecule has 176 valence electrons. The summed E-state index contributed by atoms with van der Waals surface area (Å²) in [6.07, 6.45) is 4.08. The van der Waals surface area contributed by atoms with Gasteiger partial charge in [0.15, 0.2) is 10.1 Å². The Morgan fingerprint density at radius 3 is 2.85 bits per heavy atom. The van der Waals surface area contributed by atoms with Gasteiger partial charge in [-0.15, -0.1) is 11.3 Å². The standard InChI is InChI=1S/C24H26N6O2S2/c1-14-4-3-5-17(12-14)20-18(28-23(25)34-20)22(32)29(13-16-6-7-16)9-8-26-21(31)19-15(2)27-24-30(19)10-11-33-24/h3-5,10-12,16H,6-9,13H2,1-2H3,(H2,25,28)(H,26,31). The highest BCUT2D eigenvalue weighted by molar-refractivity contribution is 7.19. The Morgan fingerprint density at radius 2 is 2.09 bits per heavy atom. The first-order chi connectivity index (χ1) is 16.4. The summed E-state index contributed by atoms with van der Waals surface area (Å²) in [7, 11) is 0. The summed E-state index contributed by atoms with van der Waals surface area (Å²) in [5.41, 5.74) is 9.67. The quantitative estimate of drug-likeness (QED) is 0.385. The van der Waals surface area contributed by atoms with E-state index in [1.165, 1.54) is 22.7 Å². The Labute approximate surface area is 205 Å². The van der Waals surface area contributed by atoms with Crippen molar-refractivity contribution in [1.82, 2.24) is 24.6 Å². The van der Waals surface area contributed by atoms with E-state index < -0.39 is 0 Å². The fourth-order valence-electron chi connectivity index (χ4n) is 4.06. The maximum Gasteiger partial charge on any atom is 0.274 e. The average Bonchev–Trinajstić information content (AvgIpc) is 3.21.